The predicted octanol–water partition coefficient (Wildman–Crippen LogP) is 2.78. The molecule has 4 heteroatoms. The molecule has 0 aliphatic rings. The van der Waals surface area contributed by atoms with Crippen molar-refractivity contribution >= 4 is 11.7 Å². The number of nitrogens with two attached hydrogens (primary N) is 1. The van der Waals surface area contributed by atoms with Gasteiger partial charge in [-0.3, -0.25) is 0 Å². The van der Waals surface area contributed by atoms with Gasteiger partial charge in [0, 0.05) is 0 Å². The van der Waals surface area contributed by atoms with Crippen molar-refractivity contribution in [2.24, 2.45) is 5.92 Å². The normalized spacial score (nSPS) is 12.1. The van der Waals surface area contributed by atoms with Crippen LogP contribution < -0.4 is 10.5 Å². The molecule has 1 aromatic carbocycles. The molecule has 0 spiro atoms. The van der Waals surface area contributed by atoms with Crippen LogP contribution in [0.4, 0.5) is 5.69 Å². The molecular weight excluding hydrogens is 218 g/mol. The number of hydrogen-bond donors (Lipinski definition) is 2. The third kappa shape index (κ3) is 3.66. The zero-order valence-corrected chi connectivity index (χ0v) is 10.3. The van der Waals surface area contributed by atoms with Crippen LogP contribution in [0.25, 0.3) is 0 Å². The molecule has 1 atom stereocenters. The number of rotatable bonds is 6. The van der Waals surface area contributed by atoms with Gasteiger partial charge in [-0.1, -0.05) is 26.3 Å². The molecule has 4 nitrogen and oxygen atoms in total. The minimum absolute atomic E-state index is 0.119. The van der Waals surface area contributed by atoms with Crippen molar-refractivity contribution in [2.45, 2.75) is 26.7 Å². The van der Waals surface area contributed by atoms with E-state index in [2.05, 4.69) is 13.8 Å². The Bertz CT molecular complexity index is 390. The highest BCUT2D eigenvalue weighted by atomic mass is 16.5. The Balaban J connectivity index is 2.79. The quantitative estimate of drug-likeness (QED) is 0.746. The number of carbonyl (C=O) groups is 1. The zero-order chi connectivity index (χ0) is 12.8. The van der Waals surface area contributed by atoms with Gasteiger partial charge < -0.3 is 15.6 Å². The molecule has 0 radical (unpaired) electrons. The number of nitrogen functional groups attached to an aromatic ring is 1. The fraction of sp³-hybridized carbons (Fsp3) is 0.462. The summed E-state index contributed by atoms with van der Waals surface area (Å²) in [6.07, 6.45) is 2.13. The molecule has 0 amide bonds. The van der Waals surface area contributed by atoms with E-state index in [1.165, 1.54) is 6.07 Å². The maximum atomic E-state index is 11.0. The Morgan fingerprint density at radius 1 is 1.53 bits per heavy atom. The molecule has 1 rings (SSSR count). The minimum Gasteiger partial charge on any atom is -0.490 e. The Morgan fingerprint density at radius 3 is 2.82 bits per heavy atom. The van der Waals surface area contributed by atoms with Gasteiger partial charge in [0.1, 0.15) is 5.56 Å². The topological polar surface area (TPSA) is 72.5 Å². The van der Waals surface area contributed by atoms with Crippen molar-refractivity contribution in [1.82, 2.24) is 0 Å². The molecule has 0 saturated carbocycles. The molecule has 0 fully saturated rings. The van der Waals surface area contributed by atoms with E-state index >= 15 is 0 Å². The number of anilines is 1. The summed E-state index contributed by atoms with van der Waals surface area (Å²) >= 11 is 0. The van der Waals surface area contributed by atoms with Gasteiger partial charge in [0.05, 0.1) is 12.3 Å². The number of carboxylic acids is 1. The lowest BCUT2D eigenvalue weighted by molar-refractivity contribution is 0.0691. The fourth-order valence-corrected chi connectivity index (χ4v) is 1.69. The standard InChI is InChI=1S/C13H19NO3/c1-3-5-9(2)8-17-12-10(13(15)16)6-4-7-11(12)14/h4,6-7,9H,3,5,8,14H2,1-2H3,(H,15,16). The molecular formula is C13H19NO3. The third-order valence-corrected chi connectivity index (χ3v) is 2.57. The summed E-state index contributed by atoms with van der Waals surface area (Å²) < 4.78 is 5.54. The average Bonchev–Trinajstić information content (AvgIpc) is 2.27. The van der Waals surface area contributed by atoms with Gasteiger partial charge in [-0.25, -0.2) is 4.79 Å². The van der Waals surface area contributed by atoms with Crippen LogP contribution in [0, 0.1) is 5.92 Å². The van der Waals surface area contributed by atoms with Gasteiger partial charge in [-0.2, -0.15) is 0 Å². The first kappa shape index (κ1) is 13.4. The van der Waals surface area contributed by atoms with Gasteiger partial charge in [0.2, 0.25) is 0 Å². The summed E-state index contributed by atoms with van der Waals surface area (Å²) in [5, 5.41) is 9.02. The van der Waals surface area contributed by atoms with Crippen LogP contribution in [0.15, 0.2) is 18.2 Å². The van der Waals surface area contributed by atoms with Gasteiger partial charge in [0.25, 0.3) is 0 Å². The predicted molar refractivity (Wildman–Crippen MR) is 67.4 cm³/mol. The zero-order valence-electron chi connectivity index (χ0n) is 10.3. The lowest BCUT2D eigenvalue weighted by Crippen LogP contribution is -2.12. The molecule has 17 heavy (non-hydrogen) atoms. The maximum absolute atomic E-state index is 11.0. The molecule has 0 heterocycles. The lowest BCUT2D eigenvalue weighted by atomic mass is 10.1. The van der Waals surface area contributed by atoms with E-state index in [-0.39, 0.29) is 11.3 Å². The van der Waals surface area contributed by atoms with Crippen LogP contribution >= 0.6 is 0 Å². The van der Waals surface area contributed by atoms with Crippen LogP contribution in [0.3, 0.4) is 0 Å². The smallest absolute Gasteiger partial charge is 0.339 e. The third-order valence-electron chi connectivity index (χ3n) is 2.57. The van der Waals surface area contributed by atoms with E-state index in [9.17, 15) is 4.79 Å². The Kier molecular flexibility index (Phi) is 4.82. The summed E-state index contributed by atoms with van der Waals surface area (Å²) in [5.74, 6) is -0.348. The summed E-state index contributed by atoms with van der Waals surface area (Å²) in [6.45, 7) is 4.67. The SMILES string of the molecule is CCCC(C)COc1c(N)cccc1C(=O)O. The monoisotopic (exact) mass is 237 g/mol. The second kappa shape index (κ2) is 6.13. The summed E-state index contributed by atoms with van der Waals surface area (Å²) in [4.78, 5) is 11.0. The largest absolute Gasteiger partial charge is 0.490 e. The molecule has 0 aromatic heterocycles. The van der Waals surface area contributed by atoms with Crippen molar-refractivity contribution in [2.75, 3.05) is 12.3 Å². The number of carboxylic acid groups (broad SMARTS) is 1. The van der Waals surface area contributed by atoms with Crippen molar-refractivity contribution < 1.29 is 14.6 Å². The molecule has 0 aliphatic carbocycles. The summed E-state index contributed by atoms with van der Waals surface area (Å²) in [7, 11) is 0. The average molecular weight is 237 g/mol. The fourth-order valence-electron chi connectivity index (χ4n) is 1.69. The van der Waals surface area contributed by atoms with Crippen molar-refractivity contribution in [3.05, 3.63) is 23.8 Å². The molecule has 94 valence electrons. The Labute approximate surface area is 101 Å². The molecule has 0 aliphatic heterocycles. The van der Waals surface area contributed by atoms with Crippen LogP contribution in [-0.4, -0.2) is 17.7 Å². The van der Waals surface area contributed by atoms with E-state index in [1.54, 1.807) is 12.1 Å². The number of benzene rings is 1. The number of para-hydroxylation sites is 1. The highest BCUT2D eigenvalue weighted by molar-refractivity contribution is 5.93. The molecule has 3 N–H and O–H groups in total. The van der Waals surface area contributed by atoms with Crippen LogP contribution in [0.5, 0.6) is 5.75 Å². The van der Waals surface area contributed by atoms with Crippen LogP contribution in [0.2, 0.25) is 0 Å². The highest BCUT2D eigenvalue weighted by Crippen LogP contribution is 2.27. The second-order valence-corrected chi connectivity index (χ2v) is 4.23. The first-order chi connectivity index (χ1) is 8.06. The van der Waals surface area contributed by atoms with Gasteiger partial charge in [0.15, 0.2) is 5.75 Å². The first-order valence-electron chi connectivity index (χ1n) is 5.80. The van der Waals surface area contributed by atoms with Crippen molar-refractivity contribution in [1.29, 1.82) is 0 Å². The van der Waals surface area contributed by atoms with Gasteiger partial charge >= 0.3 is 5.97 Å². The van der Waals surface area contributed by atoms with Crippen LogP contribution in [0.1, 0.15) is 37.0 Å². The van der Waals surface area contributed by atoms with Crippen molar-refractivity contribution in [3.63, 3.8) is 0 Å². The lowest BCUT2D eigenvalue weighted by Gasteiger charge is -2.15. The number of aromatic carboxylic acids is 1. The molecule has 0 bridgehead atoms. The van der Waals surface area contributed by atoms with E-state index in [4.69, 9.17) is 15.6 Å². The highest BCUT2D eigenvalue weighted by Gasteiger charge is 2.14. The van der Waals surface area contributed by atoms with Crippen molar-refractivity contribution in [3.8, 4) is 5.75 Å². The number of hydrogen-bond acceptors (Lipinski definition) is 3. The van der Waals surface area contributed by atoms with Gasteiger partial charge in [-0.15, -0.1) is 0 Å². The first-order valence-corrected chi connectivity index (χ1v) is 5.80. The number of ether oxygens (including phenoxy) is 1. The van der Waals surface area contributed by atoms with Crippen LogP contribution in [-0.2, 0) is 0 Å². The molecule has 1 aromatic rings. The van der Waals surface area contributed by atoms with E-state index in [0.29, 0.717) is 18.2 Å². The molecule has 0 saturated heterocycles. The summed E-state index contributed by atoms with van der Waals surface area (Å²) in [5.41, 5.74) is 6.22. The van der Waals surface area contributed by atoms with Gasteiger partial charge in [-0.05, 0) is 24.5 Å². The Morgan fingerprint density at radius 2 is 2.24 bits per heavy atom. The molecule has 1 unspecified atom stereocenters. The Hall–Kier alpha value is -1.71. The minimum atomic E-state index is -1.02. The second-order valence-electron chi connectivity index (χ2n) is 4.23. The maximum Gasteiger partial charge on any atom is 0.339 e. The summed E-state index contributed by atoms with van der Waals surface area (Å²) in [6, 6.07) is 4.76. The van der Waals surface area contributed by atoms with E-state index in [1.807, 2.05) is 0 Å². The van der Waals surface area contributed by atoms with E-state index in [0.717, 1.165) is 12.8 Å². The van der Waals surface area contributed by atoms with E-state index < -0.39 is 5.97 Å².